The Balaban J connectivity index is 1.94. The number of fused-ring (bicyclic) bond motifs is 1. The molecule has 0 bridgehead atoms. The molecule has 1 aromatic carbocycles. The van der Waals surface area contributed by atoms with Crippen molar-refractivity contribution in [3.63, 3.8) is 0 Å². The van der Waals surface area contributed by atoms with E-state index >= 15 is 0 Å². The van der Waals surface area contributed by atoms with Crippen molar-refractivity contribution < 1.29 is 0 Å². The minimum absolute atomic E-state index is 0.535. The van der Waals surface area contributed by atoms with Crippen LogP contribution in [0.5, 0.6) is 0 Å². The van der Waals surface area contributed by atoms with Crippen LogP contribution in [0.3, 0.4) is 0 Å². The Morgan fingerprint density at radius 3 is 2.71 bits per heavy atom. The number of hydrogen-bond acceptors (Lipinski definition) is 4. The van der Waals surface area contributed by atoms with Crippen LogP contribution >= 0.6 is 0 Å². The fraction of sp³-hybridized carbons (Fsp3) is 0.529. The molecule has 1 aliphatic heterocycles. The zero-order valence-corrected chi connectivity index (χ0v) is 13.0. The Bertz CT molecular complexity index is 611. The van der Waals surface area contributed by atoms with Gasteiger partial charge >= 0.3 is 0 Å². The number of nitrogens with one attached hydrogen (secondary N) is 1. The molecule has 112 valence electrons. The quantitative estimate of drug-likeness (QED) is 0.937. The third-order valence-electron chi connectivity index (χ3n) is 4.25. The highest BCUT2D eigenvalue weighted by atomic mass is 15.2. The van der Waals surface area contributed by atoms with Gasteiger partial charge in [-0.15, -0.1) is 0 Å². The number of benzene rings is 1. The number of anilines is 1. The molecule has 1 saturated heterocycles. The summed E-state index contributed by atoms with van der Waals surface area (Å²) in [5, 5.41) is 3.48. The van der Waals surface area contributed by atoms with E-state index in [1.807, 2.05) is 18.2 Å². The minimum atomic E-state index is 0.535. The van der Waals surface area contributed by atoms with Gasteiger partial charge in [0, 0.05) is 19.1 Å². The summed E-state index contributed by atoms with van der Waals surface area (Å²) in [6.07, 6.45) is 3.80. The number of aromatic nitrogens is 2. The van der Waals surface area contributed by atoms with Crippen molar-refractivity contribution in [3.8, 4) is 0 Å². The van der Waals surface area contributed by atoms with Crippen molar-refractivity contribution in [1.29, 1.82) is 0 Å². The second-order valence-corrected chi connectivity index (χ2v) is 5.77. The summed E-state index contributed by atoms with van der Waals surface area (Å²) in [5.41, 5.74) is 3.02. The molecule has 0 saturated carbocycles. The van der Waals surface area contributed by atoms with E-state index in [2.05, 4.69) is 30.1 Å². The lowest BCUT2D eigenvalue weighted by Gasteiger charge is -2.37. The maximum Gasteiger partial charge on any atom is 0.151 e. The summed E-state index contributed by atoms with van der Waals surface area (Å²) in [5.74, 6) is 1.07. The van der Waals surface area contributed by atoms with Crippen LogP contribution in [0.15, 0.2) is 24.3 Å². The van der Waals surface area contributed by atoms with Gasteiger partial charge in [-0.2, -0.15) is 0 Å². The molecular formula is C17H24N4. The molecule has 2 heterocycles. The van der Waals surface area contributed by atoms with Gasteiger partial charge in [0.1, 0.15) is 0 Å². The van der Waals surface area contributed by atoms with E-state index in [-0.39, 0.29) is 0 Å². The van der Waals surface area contributed by atoms with Crippen LogP contribution in [-0.4, -0.2) is 35.6 Å². The Morgan fingerprint density at radius 1 is 1.19 bits per heavy atom. The number of rotatable bonds is 4. The standard InChI is InChI=1S/C17H24N4/c1-3-18-12-14-8-6-7-11-21(14)17-13(2)19-15-9-4-5-10-16(15)20-17/h4-5,9-10,14,18H,3,6-8,11-12H2,1-2H3. The lowest BCUT2D eigenvalue weighted by atomic mass is 10.0. The topological polar surface area (TPSA) is 41.0 Å². The van der Waals surface area contributed by atoms with Crippen LogP contribution in [0.2, 0.25) is 0 Å². The smallest absolute Gasteiger partial charge is 0.151 e. The van der Waals surface area contributed by atoms with Crippen LogP contribution in [0.1, 0.15) is 31.9 Å². The molecule has 0 radical (unpaired) electrons. The molecule has 1 N–H and O–H groups in total. The van der Waals surface area contributed by atoms with Crippen molar-refractivity contribution in [1.82, 2.24) is 15.3 Å². The predicted octanol–water partition coefficient (Wildman–Crippen LogP) is 2.91. The normalized spacial score (nSPS) is 19.1. The number of likely N-dealkylation sites (N-methyl/N-ethyl adjacent to an activating group) is 1. The van der Waals surface area contributed by atoms with Crippen molar-refractivity contribution >= 4 is 16.9 Å². The van der Waals surface area contributed by atoms with E-state index < -0.39 is 0 Å². The Morgan fingerprint density at radius 2 is 1.95 bits per heavy atom. The fourth-order valence-electron chi connectivity index (χ4n) is 3.15. The van der Waals surface area contributed by atoms with Gasteiger partial charge in [-0.1, -0.05) is 19.1 Å². The van der Waals surface area contributed by atoms with Crippen molar-refractivity contribution in [2.45, 2.75) is 39.2 Å². The van der Waals surface area contributed by atoms with Crippen molar-refractivity contribution in [2.75, 3.05) is 24.5 Å². The number of piperidine rings is 1. The maximum absolute atomic E-state index is 4.89. The van der Waals surface area contributed by atoms with Crippen molar-refractivity contribution in [3.05, 3.63) is 30.0 Å². The van der Waals surface area contributed by atoms with Gasteiger partial charge in [-0.25, -0.2) is 9.97 Å². The first-order chi connectivity index (χ1) is 10.3. The second kappa shape index (κ2) is 6.39. The summed E-state index contributed by atoms with van der Waals surface area (Å²) >= 11 is 0. The van der Waals surface area contributed by atoms with Crippen LogP contribution in [0.25, 0.3) is 11.0 Å². The first-order valence-electron chi connectivity index (χ1n) is 8.00. The zero-order valence-electron chi connectivity index (χ0n) is 13.0. The number of hydrogen-bond donors (Lipinski definition) is 1. The Kier molecular flexibility index (Phi) is 4.34. The lowest BCUT2D eigenvalue weighted by Crippen LogP contribution is -2.46. The highest BCUT2D eigenvalue weighted by Crippen LogP contribution is 2.26. The SMILES string of the molecule is CCNCC1CCCCN1c1nc2ccccc2nc1C. The first kappa shape index (κ1) is 14.3. The average Bonchev–Trinajstić information content (AvgIpc) is 2.52. The molecule has 3 rings (SSSR count). The zero-order chi connectivity index (χ0) is 14.7. The molecule has 0 spiro atoms. The van der Waals surface area contributed by atoms with Gasteiger partial charge in [0.15, 0.2) is 5.82 Å². The van der Waals surface area contributed by atoms with Crippen LogP contribution in [0.4, 0.5) is 5.82 Å². The van der Waals surface area contributed by atoms with Crippen molar-refractivity contribution in [2.24, 2.45) is 0 Å². The molecule has 0 aliphatic carbocycles. The third-order valence-corrected chi connectivity index (χ3v) is 4.25. The third kappa shape index (κ3) is 3.00. The van der Waals surface area contributed by atoms with Crippen LogP contribution in [0, 0.1) is 6.92 Å². The summed E-state index contributed by atoms with van der Waals surface area (Å²) in [4.78, 5) is 12.1. The van der Waals surface area contributed by atoms with Crippen LogP contribution in [-0.2, 0) is 0 Å². The minimum Gasteiger partial charge on any atom is -0.351 e. The molecule has 21 heavy (non-hydrogen) atoms. The van der Waals surface area contributed by atoms with E-state index in [4.69, 9.17) is 9.97 Å². The largest absolute Gasteiger partial charge is 0.351 e. The van der Waals surface area contributed by atoms with Gasteiger partial charge in [-0.3, -0.25) is 0 Å². The summed E-state index contributed by atoms with van der Waals surface area (Å²) < 4.78 is 0. The van der Waals surface area contributed by atoms with Gasteiger partial charge in [-0.05, 0) is 44.9 Å². The van der Waals surface area contributed by atoms with Gasteiger partial charge in [0.25, 0.3) is 0 Å². The maximum atomic E-state index is 4.89. The highest BCUT2D eigenvalue weighted by Gasteiger charge is 2.25. The summed E-state index contributed by atoms with van der Waals surface area (Å²) in [7, 11) is 0. The van der Waals surface area contributed by atoms with E-state index in [1.165, 1.54) is 19.3 Å². The molecule has 1 aromatic heterocycles. The van der Waals surface area contributed by atoms with Gasteiger partial charge < -0.3 is 10.2 Å². The van der Waals surface area contributed by atoms with Gasteiger partial charge in [0.05, 0.1) is 16.7 Å². The van der Waals surface area contributed by atoms with E-state index in [0.717, 1.165) is 42.2 Å². The predicted molar refractivity (Wildman–Crippen MR) is 87.8 cm³/mol. The van der Waals surface area contributed by atoms with E-state index in [1.54, 1.807) is 0 Å². The molecule has 4 heteroatoms. The summed E-state index contributed by atoms with van der Waals surface area (Å²) in [6.45, 7) is 7.38. The summed E-state index contributed by atoms with van der Waals surface area (Å²) in [6, 6.07) is 8.67. The van der Waals surface area contributed by atoms with E-state index in [0.29, 0.717) is 6.04 Å². The lowest BCUT2D eigenvalue weighted by molar-refractivity contribution is 0.436. The molecule has 4 nitrogen and oxygen atoms in total. The number of nitrogens with zero attached hydrogens (tertiary/aromatic N) is 3. The molecule has 0 amide bonds. The number of aryl methyl sites for hydroxylation is 1. The highest BCUT2D eigenvalue weighted by molar-refractivity contribution is 5.76. The average molecular weight is 284 g/mol. The van der Waals surface area contributed by atoms with Gasteiger partial charge in [0.2, 0.25) is 0 Å². The first-order valence-corrected chi connectivity index (χ1v) is 8.00. The fourth-order valence-corrected chi connectivity index (χ4v) is 3.15. The van der Waals surface area contributed by atoms with Crippen LogP contribution < -0.4 is 10.2 Å². The monoisotopic (exact) mass is 284 g/mol. The molecule has 1 unspecified atom stereocenters. The molecule has 2 aromatic rings. The molecular weight excluding hydrogens is 260 g/mol. The molecule has 1 fully saturated rings. The Labute approximate surface area is 126 Å². The Hall–Kier alpha value is -1.68. The van der Waals surface area contributed by atoms with E-state index in [9.17, 15) is 0 Å². The number of para-hydroxylation sites is 2. The molecule has 1 aliphatic rings. The second-order valence-electron chi connectivity index (χ2n) is 5.77. The molecule has 1 atom stereocenters.